The van der Waals surface area contributed by atoms with Gasteiger partial charge in [0.2, 0.25) is 0 Å². The highest BCUT2D eigenvalue weighted by atomic mass is 35.5. The summed E-state index contributed by atoms with van der Waals surface area (Å²) in [7, 11) is 0. The third kappa shape index (κ3) is 1.82. The van der Waals surface area contributed by atoms with Gasteiger partial charge in [-0.3, -0.25) is 4.79 Å². The summed E-state index contributed by atoms with van der Waals surface area (Å²) in [5, 5.41) is 0.660. The molecule has 0 N–H and O–H groups in total. The van der Waals surface area contributed by atoms with Crippen LogP contribution in [-0.2, 0) is 9.53 Å². The van der Waals surface area contributed by atoms with Gasteiger partial charge in [-0.2, -0.15) is 0 Å². The van der Waals surface area contributed by atoms with Crippen molar-refractivity contribution in [2.75, 3.05) is 13.2 Å². The number of aldehydes is 1. The van der Waals surface area contributed by atoms with Crippen LogP contribution in [0.2, 0.25) is 0 Å². The second kappa shape index (κ2) is 3.74. The number of halogens is 1. The maximum Gasteiger partial charge on any atom is 0.147 e. The Balaban J connectivity index is 2.67. The van der Waals surface area contributed by atoms with Crippen molar-refractivity contribution in [2.24, 2.45) is 0 Å². The van der Waals surface area contributed by atoms with Crippen LogP contribution in [-0.4, -0.2) is 19.5 Å². The molecule has 0 unspecified atom stereocenters. The van der Waals surface area contributed by atoms with Crippen molar-refractivity contribution in [1.82, 2.24) is 0 Å². The van der Waals surface area contributed by atoms with Crippen LogP contribution in [0.5, 0.6) is 0 Å². The smallest absolute Gasteiger partial charge is 0.147 e. The Labute approximate surface area is 64.8 Å². The highest BCUT2D eigenvalue weighted by Crippen LogP contribution is 2.18. The summed E-state index contributed by atoms with van der Waals surface area (Å²) in [6, 6.07) is 0. The summed E-state index contributed by atoms with van der Waals surface area (Å²) >= 11 is 5.76. The van der Waals surface area contributed by atoms with Crippen LogP contribution in [0.1, 0.15) is 12.8 Å². The highest BCUT2D eigenvalue weighted by molar-refractivity contribution is 6.31. The number of ether oxygens (including phenoxy) is 1. The summed E-state index contributed by atoms with van der Waals surface area (Å²) < 4.78 is 5.11. The standard InChI is InChI=1S/C7H9ClO2/c8-7-2-4-10-3-1-6(7)5-9/h5H,1-4H2. The van der Waals surface area contributed by atoms with Gasteiger partial charge in [0.15, 0.2) is 0 Å². The quantitative estimate of drug-likeness (QED) is 0.544. The first kappa shape index (κ1) is 7.76. The number of hydrogen-bond donors (Lipinski definition) is 0. The summed E-state index contributed by atoms with van der Waals surface area (Å²) in [6.07, 6.45) is 2.15. The average molecular weight is 161 g/mol. The zero-order valence-corrected chi connectivity index (χ0v) is 6.36. The lowest BCUT2D eigenvalue weighted by atomic mass is 10.2. The van der Waals surface area contributed by atoms with Crippen molar-refractivity contribution in [1.29, 1.82) is 0 Å². The zero-order chi connectivity index (χ0) is 7.40. The second-order valence-corrected chi connectivity index (χ2v) is 2.62. The summed E-state index contributed by atoms with van der Waals surface area (Å²) in [6.45, 7) is 1.25. The van der Waals surface area contributed by atoms with E-state index in [4.69, 9.17) is 16.3 Å². The van der Waals surface area contributed by atoms with Crippen LogP contribution in [0.25, 0.3) is 0 Å². The maximum absolute atomic E-state index is 10.3. The van der Waals surface area contributed by atoms with Crippen molar-refractivity contribution in [2.45, 2.75) is 12.8 Å². The molecule has 1 rings (SSSR count). The van der Waals surface area contributed by atoms with Gasteiger partial charge < -0.3 is 4.74 Å². The van der Waals surface area contributed by atoms with Gasteiger partial charge in [-0.15, -0.1) is 0 Å². The molecule has 0 fully saturated rings. The number of hydrogen-bond acceptors (Lipinski definition) is 2. The lowest BCUT2D eigenvalue weighted by Gasteiger charge is -1.94. The molecule has 10 heavy (non-hydrogen) atoms. The molecule has 0 saturated heterocycles. The number of carbonyl (C=O) groups is 1. The Hall–Kier alpha value is -0.340. The molecule has 0 saturated carbocycles. The fourth-order valence-corrected chi connectivity index (χ4v) is 1.08. The molecular weight excluding hydrogens is 152 g/mol. The van der Waals surface area contributed by atoms with E-state index in [1.165, 1.54) is 0 Å². The number of rotatable bonds is 1. The van der Waals surface area contributed by atoms with Crippen molar-refractivity contribution in [3.8, 4) is 0 Å². The van der Waals surface area contributed by atoms with Crippen molar-refractivity contribution < 1.29 is 9.53 Å². The molecule has 0 aromatic heterocycles. The van der Waals surface area contributed by atoms with Crippen LogP contribution >= 0.6 is 11.6 Å². The minimum atomic E-state index is 0.615. The Morgan fingerprint density at radius 2 is 2.10 bits per heavy atom. The van der Waals surface area contributed by atoms with E-state index in [-0.39, 0.29) is 0 Å². The SMILES string of the molecule is O=CC1=C(Cl)CCOCC1. The van der Waals surface area contributed by atoms with Crippen molar-refractivity contribution >= 4 is 17.9 Å². The van der Waals surface area contributed by atoms with Crippen LogP contribution in [0.4, 0.5) is 0 Å². The Kier molecular flexibility index (Phi) is 2.90. The van der Waals surface area contributed by atoms with E-state index in [2.05, 4.69) is 0 Å². The molecule has 3 heteroatoms. The van der Waals surface area contributed by atoms with Crippen molar-refractivity contribution in [3.63, 3.8) is 0 Å². The lowest BCUT2D eigenvalue weighted by Crippen LogP contribution is -1.92. The average Bonchev–Trinajstić information content (AvgIpc) is 2.13. The van der Waals surface area contributed by atoms with Gasteiger partial charge >= 0.3 is 0 Å². The lowest BCUT2D eigenvalue weighted by molar-refractivity contribution is -0.105. The normalized spacial score (nSPS) is 20.5. The molecule has 0 aliphatic carbocycles. The van der Waals surface area contributed by atoms with E-state index in [1.54, 1.807) is 0 Å². The molecule has 0 aromatic rings. The molecule has 1 heterocycles. The van der Waals surface area contributed by atoms with E-state index in [0.717, 1.165) is 6.29 Å². The second-order valence-electron chi connectivity index (χ2n) is 2.16. The molecule has 2 nitrogen and oxygen atoms in total. The van der Waals surface area contributed by atoms with Gasteiger partial charge in [0.1, 0.15) is 6.29 Å². The maximum atomic E-state index is 10.3. The molecule has 0 radical (unpaired) electrons. The topological polar surface area (TPSA) is 26.3 Å². The van der Waals surface area contributed by atoms with Gasteiger partial charge in [-0.1, -0.05) is 11.6 Å². The molecule has 0 aromatic carbocycles. The largest absolute Gasteiger partial charge is 0.381 e. The van der Waals surface area contributed by atoms with Crippen molar-refractivity contribution in [3.05, 3.63) is 10.6 Å². The molecular formula is C7H9ClO2. The third-order valence-corrected chi connectivity index (χ3v) is 1.90. The van der Waals surface area contributed by atoms with Crippen LogP contribution in [0.3, 0.4) is 0 Å². The van der Waals surface area contributed by atoms with Gasteiger partial charge in [-0.25, -0.2) is 0 Å². The molecule has 0 bridgehead atoms. The first-order valence-corrected chi connectivity index (χ1v) is 3.63. The minimum Gasteiger partial charge on any atom is -0.381 e. The molecule has 0 atom stereocenters. The summed E-state index contributed by atoms with van der Waals surface area (Å²) in [5.41, 5.74) is 0.694. The first-order chi connectivity index (χ1) is 4.84. The Morgan fingerprint density at radius 3 is 2.80 bits per heavy atom. The molecule has 56 valence electrons. The van der Waals surface area contributed by atoms with Gasteiger partial charge in [-0.05, 0) is 0 Å². The van der Waals surface area contributed by atoms with Crippen LogP contribution in [0.15, 0.2) is 10.6 Å². The van der Waals surface area contributed by atoms with E-state index in [9.17, 15) is 4.79 Å². The van der Waals surface area contributed by atoms with E-state index in [1.807, 2.05) is 0 Å². The van der Waals surface area contributed by atoms with Gasteiger partial charge in [0, 0.05) is 23.4 Å². The van der Waals surface area contributed by atoms with E-state index < -0.39 is 0 Å². The highest BCUT2D eigenvalue weighted by Gasteiger charge is 2.07. The zero-order valence-electron chi connectivity index (χ0n) is 5.60. The summed E-state index contributed by atoms with van der Waals surface area (Å²) in [5.74, 6) is 0. The van der Waals surface area contributed by atoms with Crippen LogP contribution < -0.4 is 0 Å². The van der Waals surface area contributed by atoms with Gasteiger partial charge in [0.25, 0.3) is 0 Å². The fourth-order valence-electron chi connectivity index (χ4n) is 0.865. The monoisotopic (exact) mass is 160 g/mol. The predicted octanol–water partition coefficient (Wildman–Crippen LogP) is 1.49. The first-order valence-electron chi connectivity index (χ1n) is 3.25. The minimum absolute atomic E-state index is 0.615. The third-order valence-electron chi connectivity index (χ3n) is 1.47. The molecule has 1 aliphatic heterocycles. The van der Waals surface area contributed by atoms with Gasteiger partial charge in [0.05, 0.1) is 13.2 Å². The predicted molar refractivity (Wildman–Crippen MR) is 39.0 cm³/mol. The number of carbonyl (C=O) groups excluding carboxylic acids is 1. The molecule has 0 amide bonds. The van der Waals surface area contributed by atoms with Crippen LogP contribution in [0, 0.1) is 0 Å². The fraction of sp³-hybridized carbons (Fsp3) is 0.571. The Bertz CT molecular complexity index is 163. The van der Waals surface area contributed by atoms with E-state index >= 15 is 0 Å². The van der Waals surface area contributed by atoms with E-state index in [0.29, 0.717) is 36.7 Å². The molecule has 0 spiro atoms. The summed E-state index contributed by atoms with van der Waals surface area (Å²) in [4.78, 5) is 10.3. The Morgan fingerprint density at radius 1 is 1.40 bits per heavy atom. The molecule has 1 aliphatic rings.